The van der Waals surface area contributed by atoms with E-state index >= 15 is 0 Å². The molecule has 0 saturated heterocycles. The Hall–Kier alpha value is -2.96. The molecular formula is C18H19N5O2. The normalized spacial score (nSPS) is 13.7. The summed E-state index contributed by atoms with van der Waals surface area (Å²) in [5, 5.41) is 16.5. The molecule has 0 saturated carbocycles. The number of carbonyl (C=O) groups is 1. The number of hydrogen-bond acceptors (Lipinski definition) is 6. The van der Waals surface area contributed by atoms with Gasteiger partial charge in [-0.05, 0) is 30.7 Å². The lowest BCUT2D eigenvalue weighted by Gasteiger charge is -2.28. The molecule has 0 fully saturated rings. The molecule has 1 aliphatic heterocycles. The highest BCUT2D eigenvalue weighted by atomic mass is 16.5. The van der Waals surface area contributed by atoms with Crippen LogP contribution >= 0.6 is 0 Å². The van der Waals surface area contributed by atoms with Gasteiger partial charge in [0.05, 0.1) is 12.1 Å². The van der Waals surface area contributed by atoms with Crippen molar-refractivity contribution in [1.29, 1.82) is 0 Å². The highest BCUT2D eigenvalue weighted by Crippen LogP contribution is 2.22. The molecule has 7 heteroatoms. The van der Waals surface area contributed by atoms with Crippen molar-refractivity contribution in [2.75, 3.05) is 18.4 Å². The van der Waals surface area contributed by atoms with E-state index in [0.29, 0.717) is 24.4 Å². The third kappa shape index (κ3) is 3.05. The molecule has 4 rings (SSSR count). The molecule has 1 aromatic carbocycles. The summed E-state index contributed by atoms with van der Waals surface area (Å²) < 4.78 is 5.29. The number of nitrogens with one attached hydrogen (secondary N) is 1. The average molecular weight is 337 g/mol. The van der Waals surface area contributed by atoms with E-state index in [4.69, 9.17) is 4.52 Å². The Morgan fingerprint density at radius 1 is 1.32 bits per heavy atom. The molecule has 128 valence electrons. The van der Waals surface area contributed by atoms with Crippen LogP contribution < -0.4 is 5.32 Å². The van der Waals surface area contributed by atoms with Gasteiger partial charge in [0.25, 0.3) is 0 Å². The Bertz CT molecular complexity index is 921. The molecule has 0 aliphatic carbocycles. The molecule has 1 aliphatic rings. The second-order valence-electron chi connectivity index (χ2n) is 6.10. The van der Waals surface area contributed by atoms with Gasteiger partial charge in [-0.3, -0.25) is 4.79 Å². The van der Waals surface area contributed by atoms with Crippen molar-refractivity contribution in [3.05, 3.63) is 47.3 Å². The van der Waals surface area contributed by atoms with Gasteiger partial charge in [0, 0.05) is 31.4 Å². The van der Waals surface area contributed by atoms with Crippen LogP contribution in [0.2, 0.25) is 0 Å². The van der Waals surface area contributed by atoms with E-state index in [9.17, 15) is 4.79 Å². The molecule has 3 heterocycles. The summed E-state index contributed by atoms with van der Waals surface area (Å²) in [6, 6.07) is 9.58. The Kier molecular flexibility index (Phi) is 4.05. The lowest BCUT2D eigenvalue weighted by Crippen LogP contribution is -2.37. The van der Waals surface area contributed by atoms with Gasteiger partial charge < -0.3 is 14.7 Å². The zero-order valence-corrected chi connectivity index (χ0v) is 14.0. The van der Waals surface area contributed by atoms with Crippen LogP contribution in [-0.4, -0.2) is 39.3 Å². The molecule has 0 unspecified atom stereocenters. The average Bonchev–Trinajstić information content (AvgIpc) is 3.04. The fourth-order valence-electron chi connectivity index (χ4n) is 3.13. The number of para-hydroxylation sites is 1. The van der Waals surface area contributed by atoms with Gasteiger partial charge in [0.15, 0.2) is 5.58 Å². The van der Waals surface area contributed by atoms with Crippen LogP contribution in [0, 0.1) is 0 Å². The maximum Gasteiger partial charge on any atom is 0.229 e. The lowest BCUT2D eigenvalue weighted by atomic mass is 10.1. The van der Waals surface area contributed by atoms with Gasteiger partial charge in [-0.25, -0.2) is 0 Å². The number of anilines is 1. The number of fused-ring (bicyclic) bond motifs is 2. The SMILES string of the molecule is CCNc1cc2c(nn1)CCN(C(=O)Cc1noc3ccccc13)C2. The summed E-state index contributed by atoms with van der Waals surface area (Å²) in [7, 11) is 0. The molecule has 0 radical (unpaired) electrons. The van der Waals surface area contributed by atoms with Crippen LogP contribution in [0.5, 0.6) is 0 Å². The van der Waals surface area contributed by atoms with E-state index in [1.165, 1.54) is 0 Å². The van der Waals surface area contributed by atoms with Crippen LogP contribution in [0.3, 0.4) is 0 Å². The van der Waals surface area contributed by atoms with E-state index in [1.54, 1.807) is 0 Å². The van der Waals surface area contributed by atoms with E-state index < -0.39 is 0 Å². The quantitative estimate of drug-likeness (QED) is 0.785. The van der Waals surface area contributed by atoms with Gasteiger partial charge in [0.1, 0.15) is 11.5 Å². The second-order valence-corrected chi connectivity index (χ2v) is 6.10. The van der Waals surface area contributed by atoms with Crippen LogP contribution in [-0.2, 0) is 24.2 Å². The summed E-state index contributed by atoms with van der Waals surface area (Å²) in [4.78, 5) is 14.6. The number of nitrogens with zero attached hydrogens (tertiary/aromatic N) is 4. The molecule has 25 heavy (non-hydrogen) atoms. The molecule has 3 aromatic rings. The number of hydrogen-bond donors (Lipinski definition) is 1. The van der Waals surface area contributed by atoms with Crippen molar-refractivity contribution in [1.82, 2.24) is 20.3 Å². The first kappa shape index (κ1) is 15.6. The maximum atomic E-state index is 12.7. The monoisotopic (exact) mass is 337 g/mol. The fourth-order valence-corrected chi connectivity index (χ4v) is 3.13. The maximum absolute atomic E-state index is 12.7. The van der Waals surface area contributed by atoms with E-state index in [1.807, 2.05) is 42.2 Å². The molecule has 1 amide bonds. The molecule has 0 spiro atoms. The molecule has 7 nitrogen and oxygen atoms in total. The first-order valence-electron chi connectivity index (χ1n) is 8.45. The highest BCUT2D eigenvalue weighted by molar-refractivity contribution is 5.86. The van der Waals surface area contributed by atoms with Gasteiger partial charge in [-0.15, -0.1) is 5.10 Å². The number of rotatable bonds is 4. The Labute approximate surface area is 145 Å². The largest absolute Gasteiger partial charge is 0.369 e. The molecular weight excluding hydrogens is 318 g/mol. The number of amides is 1. The van der Waals surface area contributed by atoms with Crippen LogP contribution in [0.1, 0.15) is 23.9 Å². The van der Waals surface area contributed by atoms with Gasteiger partial charge in [-0.1, -0.05) is 17.3 Å². The highest BCUT2D eigenvalue weighted by Gasteiger charge is 2.24. The third-order valence-corrected chi connectivity index (χ3v) is 4.42. The third-order valence-electron chi connectivity index (χ3n) is 4.42. The van der Waals surface area contributed by atoms with E-state index in [2.05, 4.69) is 20.7 Å². The van der Waals surface area contributed by atoms with Crippen molar-refractivity contribution in [2.45, 2.75) is 26.3 Å². The van der Waals surface area contributed by atoms with Gasteiger partial charge in [0.2, 0.25) is 5.91 Å². The fraction of sp³-hybridized carbons (Fsp3) is 0.333. The van der Waals surface area contributed by atoms with Crippen molar-refractivity contribution in [3.63, 3.8) is 0 Å². The summed E-state index contributed by atoms with van der Waals surface area (Å²) in [6.07, 6.45) is 0.963. The molecule has 0 bridgehead atoms. The minimum absolute atomic E-state index is 0.0477. The van der Waals surface area contributed by atoms with E-state index in [0.717, 1.165) is 35.4 Å². The summed E-state index contributed by atoms with van der Waals surface area (Å²) in [5.41, 5.74) is 3.42. The Morgan fingerprint density at radius 3 is 3.08 bits per heavy atom. The molecule has 2 aromatic heterocycles. The Morgan fingerprint density at radius 2 is 2.20 bits per heavy atom. The number of benzene rings is 1. The predicted octanol–water partition coefficient (Wildman–Crippen LogP) is 2.18. The standard InChI is InChI=1S/C18H19N5O2/c1-2-19-17-9-12-11-23(8-7-14(12)20-21-17)18(24)10-15-13-5-3-4-6-16(13)25-22-15/h3-6,9H,2,7-8,10-11H2,1H3,(H,19,21). The van der Waals surface area contributed by atoms with Gasteiger partial charge in [-0.2, -0.15) is 5.10 Å². The van der Waals surface area contributed by atoms with Crippen LogP contribution in [0.25, 0.3) is 11.0 Å². The topological polar surface area (TPSA) is 84.2 Å². The summed E-state index contributed by atoms with van der Waals surface area (Å²) >= 11 is 0. The molecule has 0 atom stereocenters. The summed E-state index contributed by atoms with van der Waals surface area (Å²) in [6.45, 7) is 4.00. The number of aromatic nitrogens is 3. The first-order chi connectivity index (χ1) is 12.2. The number of carbonyl (C=O) groups excluding carboxylic acids is 1. The Balaban J connectivity index is 1.51. The predicted molar refractivity (Wildman–Crippen MR) is 93.0 cm³/mol. The summed E-state index contributed by atoms with van der Waals surface area (Å²) in [5.74, 6) is 0.796. The minimum Gasteiger partial charge on any atom is -0.369 e. The van der Waals surface area contributed by atoms with Crippen molar-refractivity contribution in [2.24, 2.45) is 0 Å². The second kappa shape index (κ2) is 6.51. The first-order valence-corrected chi connectivity index (χ1v) is 8.45. The van der Waals surface area contributed by atoms with Gasteiger partial charge >= 0.3 is 0 Å². The molecule has 1 N–H and O–H groups in total. The van der Waals surface area contributed by atoms with Crippen molar-refractivity contribution in [3.8, 4) is 0 Å². The minimum atomic E-state index is 0.0477. The van der Waals surface area contributed by atoms with Crippen molar-refractivity contribution >= 4 is 22.7 Å². The lowest BCUT2D eigenvalue weighted by molar-refractivity contribution is -0.131. The van der Waals surface area contributed by atoms with E-state index in [-0.39, 0.29) is 12.3 Å². The van der Waals surface area contributed by atoms with Crippen molar-refractivity contribution < 1.29 is 9.32 Å². The zero-order valence-electron chi connectivity index (χ0n) is 14.0. The zero-order chi connectivity index (χ0) is 17.2. The van der Waals surface area contributed by atoms with Crippen LogP contribution in [0.15, 0.2) is 34.9 Å². The smallest absolute Gasteiger partial charge is 0.229 e. The van der Waals surface area contributed by atoms with Crippen LogP contribution in [0.4, 0.5) is 5.82 Å².